The van der Waals surface area contributed by atoms with E-state index in [4.69, 9.17) is 11.6 Å². The monoisotopic (exact) mass is 447 g/mol. The van der Waals surface area contributed by atoms with Gasteiger partial charge in [0.15, 0.2) is 0 Å². The average Bonchev–Trinajstić information content (AvgIpc) is 2.81. The Labute approximate surface area is 189 Å². The Balaban J connectivity index is 1.68. The van der Waals surface area contributed by atoms with Crippen LogP contribution in [0.15, 0.2) is 88.5 Å². The lowest BCUT2D eigenvalue weighted by atomic mass is 10.1. The number of benzene rings is 3. The van der Waals surface area contributed by atoms with Crippen molar-refractivity contribution in [3.05, 3.63) is 116 Å². The van der Waals surface area contributed by atoms with E-state index < -0.39 is 11.1 Å². The van der Waals surface area contributed by atoms with Gasteiger partial charge in [-0.05, 0) is 42.3 Å². The fraction of sp³-hybridized carbons (Fsp3) is 0.160. The Morgan fingerprint density at radius 1 is 0.844 bits per heavy atom. The van der Waals surface area contributed by atoms with Gasteiger partial charge in [0, 0.05) is 5.02 Å². The van der Waals surface area contributed by atoms with Crippen molar-refractivity contribution in [3.63, 3.8) is 0 Å². The molecule has 0 aliphatic heterocycles. The first-order valence-electron chi connectivity index (χ1n) is 10.2. The van der Waals surface area contributed by atoms with Gasteiger partial charge in [-0.1, -0.05) is 66.2 Å². The van der Waals surface area contributed by atoms with Gasteiger partial charge in [-0.25, -0.2) is 0 Å². The van der Waals surface area contributed by atoms with Crippen LogP contribution < -0.4 is 16.4 Å². The molecule has 1 amide bonds. The van der Waals surface area contributed by atoms with Crippen molar-refractivity contribution >= 4 is 28.5 Å². The minimum atomic E-state index is -0.736. The van der Waals surface area contributed by atoms with E-state index in [-0.39, 0.29) is 25.0 Å². The second-order valence-electron chi connectivity index (χ2n) is 7.60. The van der Waals surface area contributed by atoms with Crippen LogP contribution in [-0.4, -0.2) is 15.0 Å². The molecule has 0 saturated heterocycles. The van der Waals surface area contributed by atoms with Crippen molar-refractivity contribution in [2.75, 3.05) is 0 Å². The summed E-state index contributed by atoms with van der Waals surface area (Å²) in [7, 11) is 0. The second-order valence-corrected chi connectivity index (χ2v) is 8.03. The molecular weight excluding hydrogens is 426 g/mol. The third kappa shape index (κ3) is 4.50. The van der Waals surface area contributed by atoms with Crippen LogP contribution in [0.4, 0.5) is 0 Å². The van der Waals surface area contributed by atoms with Crippen molar-refractivity contribution < 1.29 is 4.79 Å². The van der Waals surface area contributed by atoms with E-state index in [9.17, 15) is 14.4 Å². The smallest absolute Gasteiger partial charge is 0.317 e. The van der Waals surface area contributed by atoms with Gasteiger partial charge < -0.3 is 5.32 Å². The summed E-state index contributed by atoms with van der Waals surface area (Å²) in [6, 6.07) is 23.5. The van der Waals surface area contributed by atoms with Gasteiger partial charge >= 0.3 is 11.1 Å². The normalized spacial score (nSPS) is 11.9. The zero-order valence-corrected chi connectivity index (χ0v) is 18.3. The highest BCUT2D eigenvalue weighted by atomic mass is 35.5. The molecule has 0 spiro atoms. The van der Waals surface area contributed by atoms with Crippen LogP contribution in [0, 0.1) is 0 Å². The maximum atomic E-state index is 13.0. The van der Waals surface area contributed by atoms with E-state index in [2.05, 4.69) is 5.32 Å². The highest BCUT2D eigenvalue weighted by Crippen LogP contribution is 2.15. The first-order chi connectivity index (χ1) is 15.4. The number of hydrogen-bond donors (Lipinski definition) is 1. The zero-order valence-electron chi connectivity index (χ0n) is 17.5. The molecule has 0 fully saturated rings. The Kier molecular flexibility index (Phi) is 6.23. The molecule has 0 bridgehead atoms. The molecule has 0 aliphatic carbocycles. The Morgan fingerprint density at radius 3 is 2.06 bits per heavy atom. The number of carbonyl (C=O) groups is 1. The van der Waals surface area contributed by atoms with Gasteiger partial charge in [0.1, 0.15) is 6.54 Å². The van der Waals surface area contributed by atoms with Crippen molar-refractivity contribution in [2.24, 2.45) is 0 Å². The molecule has 4 rings (SSSR count). The number of nitrogens with zero attached hydrogens (tertiary/aromatic N) is 2. The van der Waals surface area contributed by atoms with E-state index in [0.29, 0.717) is 16.1 Å². The predicted octanol–water partition coefficient (Wildman–Crippen LogP) is 3.74. The number of halogens is 1. The summed E-state index contributed by atoms with van der Waals surface area (Å²) in [6.07, 6.45) is 0. The van der Waals surface area contributed by atoms with E-state index in [0.717, 1.165) is 11.1 Å². The van der Waals surface area contributed by atoms with Gasteiger partial charge in [-0.15, -0.1) is 0 Å². The molecule has 0 saturated carbocycles. The molecule has 1 aromatic heterocycles. The highest BCUT2D eigenvalue weighted by molar-refractivity contribution is 6.30. The molecule has 32 heavy (non-hydrogen) atoms. The highest BCUT2D eigenvalue weighted by Gasteiger charge is 2.17. The Bertz CT molecular complexity index is 1380. The van der Waals surface area contributed by atoms with Crippen LogP contribution >= 0.6 is 11.6 Å². The molecule has 1 N–H and O–H groups in total. The van der Waals surface area contributed by atoms with E-state index >= 15 is 0 Å². The maximum Gasteiger partial charge on any atom is 0.317 e. The lowest BCUT2D eigenvalue weighted by Crippen LogP contribution is -2.44. The molecule has 1 unspecified atom stereocenters. The number of nitrogens with one attached hydrogen (secondary N) is 1. The van der Waals surface area contributed by atoms with Crippen molar-refractivity contribution in [1.82, 2.24) is 14.5 Å². The summed E-state index contributed by atoms with van der Waals surface area (Å²) >= 11 is 5.95. The Hall–Kier alpha value is -3.64. The quantitative estimate of drug-likeness (QED) is 0.457. The third-order valence-corrected chi connectivity index (χ3v) is 5.62. The van der Waals surface area contributed by atoms with Crippen LogP contribution in [-0.2, 0) is 17.9 Å². The molecule has 0 radical (unpaired) electrons. The SMILES string of the molecule is CC(NC(=O)Cn1c(=O)c(=O)n(Cc2ccc(Cl)cc2)c2ccccc21)c1ccccc1. The number of aromatic nitrogens is 2. The number of rotatable bonds is 6. The summed E-state index contributed by atoms with van der Waals surface area (Å²) in [6.45, 7) is 1.86. The fourth-order valence-electron chi connectivity index (χ4n) is 3.71. The van der Waals surface area contributed by atoms with Crippen LogP contribution in [0.5, 0.6) is 0 Å². The van der Waals surface area contributed by atoms with Gasteiger partial charge in [0.05, 0.1) is 23.6 Å². The lowest BCUT2D eigenvalue weighted by molar-refractivity contribution is -0.122. The van der Waals surface area contributed by atoms with Crippen molar-refractivity contribution in [1.29, 1.82) is 0 Å². The summed E-state index contributed by atoms with van der Waals surface area (Å²) in [5, 5.41) is 3.49. The van der Waals surface area contributed by atoms with Gasteiger partial charge in [0.25, 0.3) is 0 Å². The molecule has 4 aromatic rings. The van der Waals surface area contributed by atoms with Crippen LogP contribution in [0.2, 0.25) is 5.02 Å². The number of fused-ring (bicyclic) bond motifs is 1. The topological polar surface area (TPSA) is 73.1 Å². The summed E-state index contributed by atoms with van der Waals surface area (Å²) in [5.41, 5.74) is 1.48. The fourth-order valence-corrected chi connectivity index (χ4v) is 3.84. The molecule has 1 atom stereocenters. The molecule has 0 aliphatic rings. The average molecular weight is 448 g/mol. The van der Waals surface area contributed by atoms with E-state index in [1.807, 2.05) is 49.4 Å². The van der Waals surface area contributed by atoms with Gasteiger partial charge in [-0.3, -0.25) is 23.5 Å². The number of hydrogen-bond acceptors (Lipinski definition) is 3. The van der Waals surface area contributed by atoms with Crippen LogP contribution in [0.3, 0.4) is 0 Å². The van der Waals surface area contributed by atoms with Crippen LogP contribution in [0.25, 0.3) is 11.0 Å². The predicted molar refractivity (Wildman–Crippen MR) is 126 cm³/mol. The van der Waals surface area contributed by atoms with Crippen molar-refractivity contribution in [3.8, 4) is 0 Å². The standard InChI is InChI=1S/C25H22ClN3O3/c1-17(19-7-3-2-4-8-19)27-23(30)16-29-22-10-6-5-9-21(22)28(24(31)25(29)32)15-18-11-13-20(26)14-12-18/h2-14,17H,15-16H2,1H3,(H,27,30). The molecular formula is C25H22ClN3O3. The molecule has 162 valence electrons. The van der Waals surface area contributed by atoms with Gasteiger partial charge in [0.2, 0.25) is 5.91 Å². The van der Waals surface area contributed by atoms with Gasteiger partial charge in [-0.2, -0.15) is 0 Å². The Morgan fingerprint density at radius 2 is 1.41 bits per heavy atom. The van der Waals surface area contributed by atoms with E-state index in [1.54, 1.807) is 36.4 Å². The molecule has 3 aromatic carbocycles. The summed E-state index contributed by atoms with van der Waals surface area (Å²) in [4.78, 5) is 38.7. The zero-order chi connectivity index (χ0) is 22.7. The number of amides is 1. The molecule has 1 heterocycles. The minimum absolute atomic E-state index is 0.226. The molecule has 7 heteroatoms. The number of para-hydroxylation sites is 2. The number of carbonyl (C=O) groups excluding carboxylic acids is 1. The van der Waals surface area contributed by atoms with Crippen molar-refractivity contribution in [2.45, 2.75) is 26.1 Å². The summed E-state index contributed by atoms with van der Waals surface area (Å²) < 4.78 is 2.67. The first-order valence-corrected chi connectivity index (χ1v) is 10.6. The molecule has 6 nitrogen and oxygen atoms in total. The van der Waals surface area contributed by atoms with E-state index in [1.165, 1.54) is 9.13 Å². The minimum Gasteiger partial charge on any atom is -0.348 e. The maximum absolute atomic E-state index is 13.0. The first kappa shape index (κ1) is 21.6. The lowest BCUT2D eigenvalue weighted by Gasteiger charge is -2.17. The summed E-state index contributed by atoms with van der Waals surface area (Å²) in [5.74, 6) is -0.344. The van der Waals surface area contributed by atoms with Crippen LogP contribution in [0.1, 0.15) is 24.1 Å². The largest absolute Gasteiger partial charge is 0.348 e. The third-order valence-electron chi connectivity index (χ3n) is 5.37. The second kappa shape index (κ2) is 9.24.